The number of rotatable bonds is 7. The second kappa shape index (κ2) is 16.7. The molecule has 0 fully saturated rings. The molecule has 0 saturated carbocycles. The number of aromatic nitrogens is 2. The summed E-state index contributed by atoms with van der Waals surface area (Å²) in [6, 6.07) is 89.1. The van der Waals surface area contributed by atoms with E-state index in [0.29, 0.717) is 6.67 Å². The maximum absolute atomic E-state index is 6.98. The Balaban J connectivity index is 0.931. The van der Waals surface area contributed by atoms with E-state index in [1.54, 1.807) is 0 Å². The van der Waals surface area contributed by atoms with Gasteiger partial charge < -0.3 is 14.5 Å². The molecule has 0 bridgehead atoms. The molecule has 0 N–H and O–H groups in total. The van der Waals surface area contributed by atoms with E-state index in [1.807, 2.05) is 12.3 Å². The molecule has 0 unspecified atom stereocenters. The van der Waals surface area contributed by atoms with Crippen LogP contribution in [0.4, 0.5) is 22.7 Å². The summed E-state index contributed by atoms with van der Waals surface area (Å²) in [6.45, 7) is 0.616. The van der Waals surface area contributed by atoms with Gasteiger partial charge >= 0.3 is 0 Å². The summed E-state index contributed by atoms with van der Waals surface area (Å²) in [6.07, 6.45) is 1.91. The Morgan fingerprint density at radius 1 is 0.352 bits per heavy atom. The molecule has 71 heavy (non-hydrogen) atoms. The van der Waals surface area contributed by atoms with E-state index in [9.17, 15) is 0 Å². The fraction of sp³-hybridized carbons (Fsp3) is 0.0152. The zero-order valence-corrected chi connectivity index (χ0v) is 38.7. The number of hydrogen-bond donors (Lipinski definition) is 0. The van der Waals surface area contributed by atoms with Crippen LogP contribution in [0.5, 0.6) is 11.5 Å². The first kappa shape index (κ1) is 40.6. The number of fused-ring (bicyclic) bond motifs is 11. The lowest BCUT2D eigenvalue weighted by Gasteiger charge is -2.27. The predicted octanol–water partition coefficient (Wildman–Crippen LogP) is 17.7. The minimum absolute atomic E-state index is 0.616. The Bertz CT molecular complexity index is 4190. The number of para-hydroxylation sites is 3. The molecule has 14 rings (SSSR count). The summed E-state index contributed by atoms with van der Waals surface area (Å²) in [4.78, 5) is 10.1. The fourth-order valence-electron chi connectivity index (χ4n) is 11.1. The summed E-state index contributed by atoms with van der Waals surface area (Å²) in [7, 11) is 0. The van der Waals surface area contributed by atoms with Crippen LogP contribution in [0.1, 0.15) is 0 Å². The van der Waals surface area contributed by atoms with Gasteiger partial charge in [-0.05, 0) is 104 Å². The highest BCUT2D eigenvalue weighted by Gasteiger charge is 2.31. The largest absolute Gasteiger partial charge is 0.457 e. The average molecular weight is 909 g/mol. The monoisotopic (exact) mass is 908 g/mol. The van der Waals surface area contributed by atoms with Gasteiger partial charge in [-0.3, -0.25) is 4.40 Å². The first-order chi connectivity index (χ1) is 35.2. The fourth-order valence-corrected chi connectivity index (χ4v) is 11.1. The molecule has 334 valence electrons. The van der Waals surface area contributed by atoms with Crippen molar-refractivity contribution in [1.82, 2.24) is 9.38 Å². The molecule has 0 atom stereocenters. The standard InChI is InChI=1S/C66H44N4O/c1-4-19-44(20-5-1)47-39-59-56-30-13-11-28-54(56)53-27-10-12-29-55(53)58-33-18-38-67-66(58)70-63-42-50(36-37-57(63)60(40-47)65(59)70)71-49-26-16-25-48(41-49)68-43-69(62-35-15-14-34-61(62)68)64-51(45-21-6-2-7-22-45)31-17-32-52(64)46-23-8-3-9-24-46/h1-42H,43H2. The first-order valence-corrected chi connectivity index (χ1v) is 24.2. The van der Waals surface area contributed by atoms with E-state index in [0.717, 1.165) is 77.7 Å². The van der Waals surface area contributed by atoms with Crippen molar-refractivity contribution in [1.29, 1.82) is 0 Å². The Morgan fingerprint density at radius 2 is 0.873 bits per heavy atom. The summed E-state index contributed by atoms with van der Waals surface area (Å²) < 4.78 is 9.36. The van der Waals surface area contributed by atoms with Crippen LogP contribution >= 0.6 is 0 Å². The smallest absolute Gasteiger partial charge is 0.145 e. The third-order valence-electron chi connectivity index (χ3n) is 14.3. The van der Waals surface area contributed by atoms with Crippen molar-refractivity contribution in [3.8, 4) is 44.9 Å². The molecule has 0 aliphatic carbocycles. The number of ether oxygens (including phenoxy) is 1. The molecule has 4 heterocycles. The molecule has 5 heteroatoms. The number of benzene rings is 10. The minimum Gasteiger partial charge on any atom is -0.457 e. The van der Waals surface area contributed by atoms with Crippen LogP contribution in [0.2, 0.25) is 0 Å². The molecule has 10 aromatic carbocycles. The Labute approximate surface area is 411 Å². The van der Waals surface area contributed by atoms with E-state index in [2.05, 4.69) is 257 Å². The Morgan fingerprint density at radius 3 is 1.54 bits per heavy atom. The van der Waals surface area contributed by atoms with E-state index in [1.165, 1.54) is 49.7 Å². The summed E-state index contributed by atoms with van der Waals surface area (Å²) in [5, 5.41) is 9.18. The quantitative estimate of drug-likeness (QED) is 0.160. The van der Waals surface area contributed by atoms with Gasteiger partial charge in [0, 0.05) is 56.7 Å². The first-order valence-electron chi connectivity index (χ1n) is 24.2. The van der Waals surface area contributed by atoms with Crippen molar-refractivity contribution in [3.63, 3.8) is 0 Å². The minimum atomic E-state index is 0.616. The molecule has 1 aliphatic rings. The maximum atomic E-state index is 6.98. The molecule has 13 aromatic rings. The number of hydrogen-bond acceptors (Lipinski definition) is 4. The topological polar surface area (TPSA) is 33.0 Å². The summed E-state index contributed by atoms with van der Waals surface area (Å²) in [5.74, 6) is 1.49. The maximum Gasteiger partial charge on any atom is 0.145 e. The van der Waals surface area contributed by atoms with Gasteiger partial charge in [0.25, 0.3) is 0 Å². The molecule has 0 spiro atoms. The lowest BCUT2D eigenvalue weighted by Crippen LogP contribution is -2.24. The molecule has 0 radical (unpaired) electrons. The highest BCUT2D eigenvalue weighted by atomic mass is 16.5. The zero-order valence-electron chi connectivity index (χ0n) is 38.7. The van der Waals surface area contributed by atoms with Crippen molar-refractivity contribution in [2.45, 2.75) is 0 Å². The van der Waals surface area contributed by atoms with Gasteiger partial charge in [0.05, 0.1) is 28.1 Å². The second-order valence-corrected chi connectivity index (χ2v) is 18.3. The molecular weight excluding hydrogens is 865 g/mol. The van der Waals surface area contributed by atoms with E-state index in [4.69, 9.17) is 9.72 Å². The highest BCUT2D eigenvalue weighted by Crippen LogP contribution is 2.50. The van der Waals surface area contributed by atoms with Crippen LogP contribution in [0.3, 0.4) is 0 Å². The normalized spacial score (nSPS) is 12.4. The number of anilines is 4. The van der Waals surface area contributed by atoms with Crippen LogP contribution in [0.25, 0.3) is 93.2 Å². The van der Waals surface area contributed by atoms with E-state index < -0.39 is 0 Å². The van der Waals surface area contributed by atoms with Gasteiger partial charge in [0.15, 0.2) is 0 Å². The highest BCUT2D eigenvalue weighted by molar-refractivity contribution is 6.25. The lowest BCUT2D eigenvalue weighted by atomic mass is 9.95. The Kier molecular flexibility index (Phi) is 9.52. The van der Waals surface area contributed by atoms with Crippen LogP contribution in [-0.2, 0) is 0 Å². The molecular formula is C66H44N4O. The molecule has 1 aliphatic heterocycles. The van der Waals surface area contributed by atoms with Gasteiger partial charge in [-0.1, -0.05) is 176 Å². The van der Waals surface area contributed by atoms with Gasteiger partial charge in [-0.2, -0.15) is 0 Å². The summed E-state index contributed by atoms with van der Waals surface area (Å²) >= 11 is 0. The molecule has 0 saturated heterocycles. The van der Waals surface area contributed by atoms with Crippen LogP contribution in [0.15, 0.2) is 255 Å². The van der Waals surface area contributed by atoms with E-state index >= 15 is 0 Å². The van der Waals surface area contributed by atoms with Gasteiger partial charge in [0.1, 0.15) is 23.8 Å². The van der Waals surface area contributed by atoms with Crippen LogP contribution in [0, 0.1) is 0 Å². The lowest BCUT2D eigenvalue weighted by molar-refractivity contribution is 0.483. The molecule has 0 amide bonds. The van der Waals surface area contributed by atoms with Crippen molar-refractivity contribution in [3.05, 3.63) is 255 Å². The van der Waals surface area contributed by atoms with Crippen molar-refractivity contribution in [2.75, 3.05) is 16.5 Å². The number of pyridine rings is 1. The SMILES string of the molecule is c1ccc(-c2cc3c4ccccc4c4ccccc4c4cccnc4n4c5cc(Oc6cccc(N7CN(c8c(-c9ccccc9)cccc8-c8ccccc8)c8ccccc87)c6)ccc5c(c2)c34)cc1. The van der Waals surface area contributed by atoms with Crippen LogP contribution < -0.4 is 14.5 Å². The third kappa shape index (κ3) is 6.74. The number of nitrogens with zero attached hydrogens (tertiary/aromatic N) is 4. The third-order valence-corrected chi connectivity index (χ3v) is 14.3. The van der Waals surface area contributed by atoms with E-state index in [-0.39, 0.29) is 0 Å². The zero-order chi connectivity index (χ0) is 46.8. The van der Waals surface area contributed by atoms with Crippen molar-refractivity contribution in [2.24, 2.45) is 0 Å². The summed E-state index contributed by atoms with van der Waals surface area (Å²) in [5.41, 5.74) is 14.6. The molecule has 5 nitrogen and oxygen atoms in total. The van der Waals surface area contributed by atoms with Crippen molar-refractivity contribution < 1.29 is 4.74 Å². The predicted molar refractivity (Wildman–Crippen MR) is 296 cm³/mol. The van der Waals surface area contributed by atoms with Crippen molar-refractivity contribution >= 4 is 82.5 Å². The van der Waals surface area contributed by atoms with Gasteiger partial charge in [0.2, 0.25) is 0 Å². The molecule has 3 aromatic heterocycles. The van der Waals surface area contributed by atoms with Gasteiger partial charge in [-0.25, -0.2) is 4.98 Å². The Hall–Kier alpha value is -9.45. The second-order valence-electron chi connectivity index (χ2n) is 18.3. The van der Waals surface area contributed by atoms with Crippen LogP contribution in [-0.4, -0.2) is 16.1 Å². The average Bonchev–Trinajstić information content (AvgIpc) is 4.00. The van der Waals surface area contributed by atoms with Gasteiger partial charge in [-0.15, -0.1) is 0 Å².